The van der Waals surface area contributed by atoms with Gasteiger partial charge in [0.1, 0.15) is 0 Å². The molecule has 1 fully saturated rings. The number of aromatic nitrogens is 3. The van der Waals surface area contributed by atoms with E-state index in [-0.39, 0.29) is 11.9 Å². The van der Waals surface area contributed by atoms with E-state index in [2.05, 4.69) is 27.4 Å². The predicted molar refractivity (Wildman–Crippen MR) is 65.1 cm³/mol. The Hall–Kier alpha value is -1.59. The van der Waals surface area contributed by atoms with E-state index in [1.165, 1.54) is 19.3 Å². The van der Waals surface area contributed by atoms with E-state index >= 15 is 0 Å². The molecule has 1 aromatic rings. The van der Waals surface area contributed by atoms with Gasteiger partial charge in [0.25, 0.3) is 5.56 Å². The van der Waals surface area contributed by atoms with E-state index in [0.717, 1.165) is 18.8 Å². The first-order valence-electron chi connectivity index (χ1n) is 6.14. The average molecular weight is 238 g/mol. The molecule has 17 heavy (non-hydrogen) atoms. The van der Waals surface area contributed by atoms with Crippen LogP contribution in [0, 0.1) is 5.92 Å². The van der Waals surface area contributed by atoms with Crippen molar-refractivity contribution in [1.29, 1.82) is 0 Å². The van der Waals surface area contributed by atoms with Crippen molar-refractivity contribution in [3.8, 4) is 0 Å². The molecule has 6 heteroatoms. The quantitative estimate of drug-likeness (QED) is 0.727. The van der Waals surface area contributed by atoms with Gasteiger partial charge in [-0.05, 0) is 18.8 Å². The molecule has 2 atom stereocenters. The molecule has 0 amide bonds. The van der Waals surface area contributed by atoms with Crippen molar-refractivity contribution >= 4 is 5.82 Å². The lowest BCUT2D eigenvalue weighted by Gasteiger charge is -2.28. The number of nitrogens with one attached hydrogen (secondary N) is 3. The van der Waals surface area contributed by atoms with Crippen LogP contribution in [0.2, 0.25) is 0 Å². The van der Waals surface area contributed by atoms with Gasteiger partial charge in [-0.3, -0.25) is 9.78 Å². The zero-order valence-corrected chi connectivity index (χ0v) is 9.95. The van der Waals surface area contributed by atoms with Crippen molar-refractivity contribution in [2.24, 2.45) is 5.92 Å². The maximum Gasteiger partial charge on any atom is 0.342 e. The molecule has 0 aromatic carbocycles. The summed E-state index contributed by atoms with van der Waals surface area (Å²) < 4.78 is 0. The zero-order chi connectivity index (χ0) is 12.3. The highest BCUT2D eigenvalue weighted by molar-refractivity contribution is 5.30. The molecule has 2 unspecified atom stereocenters. The molecule has 1 aliphatic carbocycles. The number of hydrogen-bond acceptors (Lipinski definition) is 4. The maximum absolute atomic E-state index is 11.5. The minimum absolute atomic E-state index is 0.214. The molecule has 0 bridgehead atoms. The fourth-order valence-corrected chi connectivity index (χ4v) is 2.43. The second-order valence-electron chi connectivity index (χ2n) is 4.64. The fourth-order valence-electron chi connectivity index (χ4n) is 2.43. The molecule has 0 saturated heterocycles. The Bertz CT molecular complexity index is 479. The summed E-state index contributed by atoms with van der Waals surface area (Å²) in [6.07, 6.45) is 5.74. The normalized spacial score (nSPS) is 24.5. The van der Waals surface area contributed by atoms with Crippen LogP contribution in [-0.2, 0) is 0 Å². The summed E-state index contributed by atoms with van der Waals surface area (Å²) in [5.41, 5.74) is -1.02. The largest absolute Gasteiger partial charge is 0.361 e. The number of rotatable bonds is 3. The van der Waals surface area contributed by atoms with Crippen molar-refractivity contribution < 1.29 is 0 Å². The van der Waals surface area contributed by atoms with E-state index in [4.69, 9.17) is 0 Å². The molecule has 0 spiro atoms. The Balaban J connectivity index is 2.05. The number of nitrogens with zero attached hydrogens (tertiary/aromatic N) is 1. The Morgan fingerprint density at radius 1 is 1.41 bits per heavy atom. The first kappa shape index (κ1) is 11.9. The van der Waals surface area contributed by atoms with Crippen LogP contribution in [0.4, 0.5) is 5.82 Å². The van der Waals surface area contributed by atoms with Gasteiger partial charge in [-0.25, -0.2) is 9.89 Å². The van der Waals surface area contributed by atoms with Gasteiger partial charge in [0.05, 0.1) is 0 Å². The van der Waals surface area contributed by atoms with Crippen molar-refractivity contribution in [2.75, 3.05) is 5.32 Å². The Morgan fingerprint density at radius 3 is 2.94 bits per heavy atom. The van der Waals surface area contributed by atoms with Gasteiger partial charge in [-0.2, -0.15) is 0 Å². The molecule has 3 N–H and O–H groups in total. The SMILES string of the molecule is CCC1CCCC(Nc2n[nH]c(=O)[nH]c2=O)C1. The molecule has 1 saturated carbocycles. The van der Waals surface area contributed by atoms with Crippen molar-refractivity contribution in [3.63, 3.8) is 0 Å². The molecule has 0 radical (unpaired) electrons. The van der Waals surface area contributed by atoms with E-state index in [9.17, 15) is 9.59 Å². The third-order valence-corrected chi connectivity index (χ3v) is 3.41. The van der Waals surface area contributed by atoms with Crippen LogP contribution >= 0.6 is 0 Å². The van der Waals surface area contributed by atoms with Gasteiger partial charge in [0, 0.05) is 6.04 Å². The molecule has 1 heterocycles. The lowest BCUT2D eigenvalue weighted by atomic mass is 9.84. The first-order valence-corrected chi connectivity index (χ1v) is 6.14. The summed E-state index contributed by atoms with van der Waals surface area (Å²) in [6.45, 7) is 2.19. The van der Waals surface area contributed by atoms with Crippen molar-refractivity contribution in [1.82, 2.24) is 15.2 Å². The highest BCUT2D eigenvalue weighted by Crippen LogP contribution is 2.27. The number of H-pyrrole nitrogens is 2. The lowest BCUT2D eigenvalue weighted by Crippen LogP contribution is -2.33. The van der Waals surface area contributed by atoms with Crippen LogP contribution in [0.15, 0.2) is 9.59 Å². The monoisotopic (exact) mass is 238 g/mol. The average Bonchev–Trinajstić information content (AvgIpc) is 2.33. The molecule has 6 nitrogen and oxygen atoms in total. The summed E-state index contributed by atoms with van der Waals surface area (Å²) in [6, 6.07) is 0.285. The first-order chi connectivity index (χ1) is 8.19. The van der Waals surface area contributed by atoms with Crippen LogP contribution in [0.1, 0.15) is 39.0 Å². The topological polar surface area (TPSA) is 90.6 Å². The smallest absolute Gasteiger partial charge is 0.342 e. The third-order valence-electron chi connectivity index (χ3n) is 3.41. The molecule has 2 rings (SSSR count). The highest BCUT2D eigenvalue weighted by Gasteiger charge is 2.21. The number of hydrogen-bond donors (Lipinski definition) is 3. The van der Waals surface area contributed by atoms with E-state index in [1.54, 1.807) is 0 Å². The van der Waals surface area contributed by atoms with Crippen LogP contribution in [0.3, 0.4) is 0 Å². The van der Waals surface area contributed by atoms with Gasteiger partial charge in [0.15, 0.2) is 0 Å². The zero-order valence-electron chi connectivity index (χ0n) is 9.95. The van der Waals surface area contributed by atoms with Crippen LogP contribution < -0.4 is 16.6 Å². The molecular weight excluding hydrogens is 220 g/mol. The predicted octanol–water partition coefficient (Wildman–Crippen LogP) is 0.839. The molecule has 1 aliphatic rings. The van der Waals surface area contributed by atoms with Gasteiger partial charge >= 0.3 is 5.69 Å². The van der Waals surface area contributed by atoms with E-state index in [0.29, 0.717) is 0 Å². The summed E-state index contributed by atoms with van der Waals surface area (Å²) >= 11 is 0. The minimum atomic E-state index is -0.573. The Labute approximate surface area is 98.8 Å². The maximum atomic E-state index is 11.5. The molecule has 0 aliphatic heterocycles. The van der Waals surface area contributed by atoms with Crippen LogP contribution in [-0.4, -0.2) is 21.2 Å². The third kappa shape index (κ3) is 2.95. The highest BCUT2D eigenvalue weighted by atomic mass is 16.2. The van der Waals surface area contributed by atoms with Gasteiger partial charge < -0.3 is 5.32 Å². The minimum Gasteiger partial charge on any atom is -0.361 e. The fraction of sp³-hybridized carbons (Fsp3) is 0.727. The van der Waals surface area contributed by atoms with Crippen LogP contribution in [0.5, 0.6) is 0 Å². The van der Waals surface area contributed by atoms with Crippen LogP contribution in [0.25, 0.3) is 0 Å². The lowest BCUT2D eigenvalue weighted by molar-refractivity contribution is 0.326. The van der Waals surface area contributed by atoms with Gasteiger partial charge in [-0.15, -0.1) is 5.10 Å². The summed E-state index contributed by atoms with van der Waals surface area (Å²) in [4.78, 5) is 24.5. The van der Waals surface area contributed by atoms with E-state index in [1.807, 2.05) is 0 Å². The summed E-state index contributed by atoms with van der Waals surface area (Å²) in [5.74, 6) is 0.939. The Morgan fingerprint density at radius 2 is 2.24 bits per heavy atom. The molecule has 1 aromatic heterocycles. The van der Waals surface area contributed by atoms with Gasteiger partial charge in [-0.1, -0.05) is 26.2 Å². The van der Waals surface area contributed by atoms with Gasteiger partial charge in [0.2, 0.25) is 5.82 Å². The molecular formula is C11H18N4O2. The van der Waals surface area contributed by atoms with E-state index < -0.39 is 11.2 Å². The molecule has 94 valence electrons. The number of anilines is 1. The number of aromatic amines is 2. The summed E-state index contributed by atoms with van der Waals surface area (Å²) in [5, 5.41) is 9.08. The standard InChI is InChI=1S/C11H18N4O2/c1-2-7-4-3-5-8(6-7)12-9-10(16)13-11(17)15-14-9/h7-8H,2-6H2,1H3,(H,12,14)(H2,13,15,16,17). The Kier molecular flexibility index (Phi) is 3.61. The summed E-state index contributed by atoms with van der Waals surface area (Å²) in [7, 11) is 0. The second kappa shape index (κ2) is 5.16. The van der Waals surface area contributed by atoms with Crippen molar-refractivity contribution in [2.45, 2.75) is 45.1 Å². The van der Waals surface area contributed by atoms with Crippen molar-refractivity contribution in [3.05, 3.63) is 20.8 Å². The second-order valence-corrected chi connectivity index (χ2v) is 4.64.